The number of carbonyl (C=O) groups is 1. The van der Waals surface area contributed by atoms with Crippen molar-refractivity contribution in [1.82, 2.24) is 4.98 Å². The summed E-state index contributed by atoms with van der Waals surface area (Å²) in [6.45, 7) is 4.02. The third-order valence-corrected chi connectivity index (χ3v) is 3.83. The van der Waals surface area contributed by atoms with Crippen molar-refractivity contribution in [3.05, 3.63) is 79.0 Å². The first-order valence-electron chi connectivity index (χ1n) is 8.45. The molecule has 2 aromatic carbocycles. The molecule has 1 N–H and O–H groups in total. The maximum atomic E-state index is 12.2. The van der Waals surface area contributed by atoms with Gasteiger partial charge in [0.15, 0.2) is 11.5 Å². The lowest BCUT2D eigenvalue weighted by molar-refractivity contribution is -0.111. The van der Waals surface area contributed by atoms with Gasteiger partial charge in [-0.05, 0) is 35.9 Å². The van der Waals surface area contributed by atoms with Gasteiger partial charge in [-0.15, -0.1) is 0 Å². The summed E-state index contributed by atoms with van der Waals surface area (Å²) in [4.78, 5) is 16.5. The first-order valence-corrected chi connectivity index (χ1v) is 8.45. The van der Waals surface area contributed by atoms with Crippen molar-refractivity contribution in [2.24, 2.45) is 0 Å². The van der Waals surface area contributed by atoms with Crippen molar-refractivity contribution in [1.29, 1.82) is 0 Å². The lowest BCUT2D eigenvalue weighted by Crippen LogP contribution is -2.07. The molecule has 0 aliphatic heterocycles. The van der Waals surface area contributed by atoms with E-state index in [9.17, 15) is 4.79 Å². The van der Waals surface area contributed by atoms with Crippen LogP contribution in [0.3, 0.4) is 0 Å². The van der Waals surface area contributed by atoms with Crippen LogP contribution >= 0.6 is 0 Å². The summed E-state index contributed by atoms with van der Waals surface area (Å²) in [5, 5.41) is 3.79. The second-order valence-corrected chi connectivity index (χ2v) is 5.75. The molecule has 1 amide bonds. The van der Waals surface area contributed by atoms with Crippen LogP contribution in [0.25, 0.3) is 17.0 Å². The molecule has 0 saturated heterocycles. The monoisotopic (exact) mass is 360 g/mol. The van der Waals surface area contributed by atoms with Crippen LogP contribution in [0.15, 0.2) is 73.5 Å². The zero-order valence-electron chi connectivity index (χ0n) is 15.0. The minimum atomic E-state index is -0.238. The van der Waals surface area contributed by atoms with E-state index in [0.29, 0.717) is 23.8 Å². The van der Waals surface area contributed by atoms with Crippen LogP contribution in [0.1, 0.15) is 5.56 Å². The van der Waals surface area contributed by atoms with Crippen LogP contribution in [0, 0.1) is 0 Å². The summed E-state index contributed by atoms with van der Waals surface area (Å²) in [6.07, 6.45) is 6.49. The van der Waals surface area contributed by atoms with Crippen LogP contribution in [0.5, 0.6) is 11.5 Å². The van der Waals surface area contributed by atoms with Crippen LogP contribution < -0.4 is 14.8 Å². The molecule has 5 nitrogen and oxygen atoms in total. The van der Waals surface area contributed by atoms with Gasteiger partial charge in [-0.1, -0.05) is 36.9 Å². The van der Waals surface area contributed by atoms with Gasteiger partial charge in [0, 0.05) is 11.5 Å². The molecule has 136 valence electrons. The molecule has 0 atom stereocenters. The Morgan fingerprint density at radius 2 is 2.04 bits per heavy atom. The van der Waals surface area contributed by atoms with Crippen LogP contribution in [0.4, 0.5) is 5.69 Å². The minimum absolute atomic E-state index is 0.238. The summed E-state index contributed by atoms with van der Waals surface area (Å²) in [6, 6.07) is 15.1. The first kappa shape index (κ1) is 18.2. The van der Waals surface area contributed by atoms with E-state index >= 15 is 0 Å². The predicted molar refractivity (Wildman–Crippen MR) is 108 cm³/mol. The molecule has 0 aliphatic rings. The van der Waals surface area contributed by atoms with E-state index in [1.165, 1.54) is 6.08 Å². The van der Waals surface area contributed by atoms with Gasteiger partial charge >= 0.3 is 0 Å². The van der Waals surface area contributed by atoms with Crippen LogP contribution in [-0.4, -0.2) is 24.6 Å². The molecular weight excluding hydrogens is 340 g/mol. The summed E-state index contributed by atoms with van der Waals surface area (Å²) in [5.41, 5.74) is 2.36. The van der Waals surface area contributed by atoms with Gasteiger partial charge < -0.3 is 14.8 Å². The van der Waals surface area contributed by atoms with E-state index in [1.54, 1.807) is 37.6 Å². The second kappa shape index (κ2) is 8.67. The average molecular weight is 360 g/mol. The highest BCUT2D eigenvalue weighted by atomic mass is 16.5. The number of para-hydroxylation sites is 1. The number of carbonyl (C=O) groups excluding carboxylic acids is 1. The lowest BCUT2D eigenvalue weighted by Gasteiger charge is -2.09. The maximum absolute atomic E-state index is 12.2. The topological polar surface area (TPSA) is 60.5 Å². The van der Waals surface area contributed by atoms with E-state index in [0.717, 1.165) is 16.5 Å². The number of ether oxygens (including phenoxy) is 2. The van der Waals surface area contributed by atoms with Gasteiger partial charge in [-0.25, -0.2) is 0 Å². The number of benzene rings is 2. The number of pyridine rings is 1. The highest BCUT2D eigenvalue weighted by Crippen LogP contribution is 2.28. The number of rotatable bonds is 7. The fourth-order valence-electron chi connectivity index (χ4n) is 2.55. The molecule has 1 aromatic heterocycles. The number of nitrogens with zero attached hydrogens (tertiary/aromatic N) is 1. The Hall–Kier alpha value is -3.60. The number of hydrogen-bond donors (Lipinski definition) is 1. The number of hydrogen-bond acceptors (Lipinski definition) is 4. The number of amides is 1. The van der Waals surface area contributed by atoms with E-state index in [-0.39, 0.29) is 5.91 Å². The van der Waals surface area contributed by atoms with Crippen molar-refractivity contribution >= 4 is 28.6 Å². The molecule has 0 radical (unpaired) electrons. The second-order valence-electron chi connectivity index (χ2n) is 5.75. The Kier molecular flexibility index (Phi) is 5.84. The molecule has 3 aromatic rings. The quantitative estimate of drug-likeness (QED) is 0.499. The molecule has 0 unspecified atom stereocenters. The SMILES string of the molecule is C=CCOc1ccc(/C=C/C(=O)Nc2cnc3ccccc3c2)cc1OC. The minimum Gasteiger partial charge on any atom is -0.493 e. The number of anilines is 1. The molecule has 0 saturated carbocycles. The fourth-order valence-corrected chi connectivity index (χ4v) is 2.55. The molecule has 3 rings (SSSR count). The van der Waals surface area contributed by atoms with Crippen LogP contribution in [0.2, 0.25) is 0 Å². The molecule has 0 spiro atoms. The lowest BCUT2D eigenvalue weighted by atomic mass is 10.2. The number of aromatic nitrogens is 1. The van der Waals surface area contributed by atoms with Gasteiger partial charge in [0.1, 0.15) is 6.61 Å². The zero-order chi connectivity index (χ0) is 19.1. The van der Waals surface area contributed by atoms with Gasteiger partial charge in [0.25, 0.3) is 0 Å². The van der Waals surface area contributed by atoms with E-state index in [1.807, 2.05) is 36.4 Å². The van der Waals surface area contributed by atoms with Gasteiger partial charge in [0.2, 0.25) is 5.91 Å². The number of fused-ring (bicyclic) bond motifs is 1. The third kappa shape index (κ3) is 4.73. The zero-order valence-corrected chi connectivity index (χ0v) is 15.0. The number of methoxy groups -OCH3 is 1. The summed E-state index contributed by atoms with van der Waals surface area (Å²) >= 11 is 0. The van der Waals surface area contributed by atoms with Crippen molar-refractivity contribution in [3.63, 3.8) is 0 Å². The first-order chi connectivity index (χ1) is 13.2. The third-order valence-electron chi connectivity index (χ3n) is 3.83. The van der Waals surface area contributed by atoms with Gasteiger partial charge in [-0.3, -0.25) is 9.78 Å². The van der Waals surface area contributed by atoms with Crippen LogP contribution in [-0.2, 0) is 4.79 Å². The molecular formula is C22H20N2O3. The smallest absolute Gasteiger partial charge is 0.248 e. The van der Waals surface area contributed by atoms with Gasteiger partial charge in [0.05, 0.1) is 24.5 Å². The molecule has 1 heterocycles. The Bertz CT molecular complexity index is 996. The molecule has 0 aliphatic carbocycles. The Balaban J connectivity index is 1.69. The largest absolute Gasteiger partial charge is 0.493 e. The summed E-state index contributed by atoms with van der Waals surface area (Å²) < 4.78 is 10.8. The summed E-state index contributed by atoms with van der Waals surface area (Å²) in [7, 11) is 1.57. The molecule has 5 heteroatoms. The van der Waals surface area contributed by atoms with Gasteiger partial charge in [-0.2, -0.15) is 0 Å². The highest BCUT2D eigenvalue weighted by molar-refractivity contribution is 6.02. The Morgan fingerprint density at radius 1 is 1.19 bits per heavy atom. The van der Waals surface area contributed by atoms with E-state index in [2.05, 4.69) is 16.9 Å². The number of nitrogens with one attached hydrogen (secondary N) is 1. The Morgan fingerprint density at radius 3 is 2.85 bits per heavy atom. The fraction of sp³-hybridized carbons (Fsp3) is 0.0909. The summed E-state index contributed by atoms with van der Waals surface area (Å²) in [5.74, 6) is 0.984. The standard InChI is InChI=1S/C22H20N2O3/c1-3-12-27-20-10-8-16(13-21(20)26-2)9-11-22(25)24-18-14-17-6-4-5-7-19(17)23-15-18/h3-11,13-15H,1,12H2,2H3,(H,24,25)/b11-9+. The molecule has 27 heavy (non-hydrogen) atoms. The highest BCUT2D eigenvalue weighted by Gasteiger charge is 2.05. The van der Waals surface area contributed by atoms with Crippen molar-refractivity contribution < 1.29 is 14.3 Å². The molecule has 0 bridgehead atoms. The van der Waals surface area contributed by atoms with E-state index < -0.39 is 0 Å². The van der Waals surface area contributed by atoms with Crippen molar-refractivity contribution in [2.45, 2.75) is 0 Å². The predicted octanol–water partition coefficient (Wildman–Crippen LogP) is 4.46. The molecule has 0 fully saturated rings. The maximum Gasteiger partial charge on any atom is 0.248 e. The normalized spacial score (nSPS) is 10.7. The average Bonchev–Trinajstić information content (AvgIpc) is 2.70. The van der Waals surface area contributed by atoms with Crippen molar-refractivity contribution in [2.75, 3.05) is 19.0 Å². The van der Waals surface area contributed by atoms with Crippen molar-refractivity contribution in [3.8, 4) is 11.5 Å². The Labute approximate surface area is 158 Å². The van der Waals surface area contributed by atoms with E-state index in [4.69, 9.17) is 9.47 Å².